The number of methoxy groups -OCH3 is 1. The second-order valence-corrected chi connectivity index (χ2v) is 9.15. The molecule has 0 N–H and O–H groups in total. The molecule has 0 spiro atoms. The zero-order valence-electron chi connectivity index (χ0n) is 18.6. The lowest BCUT2D eigenvalue weighted by Gasteiger charge is -2.34. The highest BCUT2D eigenvalue weighted by Gasteiger charge is 2.38. The van der Waals surface area contributed by atoms with Crippen molar-refractivity contribution in [2.24, 2.45) is 11.8 Å². The standard InChI is InChI=1S/C24H33N3O4/c1-17-13-20(31-2)5-6-21(17)24(30)26-11-7-18(8-12-26)15-27-16-19(14-22(27)28)23(29)25-9-3-4-10-25/h5-6,13,18-19H,3-4,7-12,14-16H2,1-2H3. The Kier molecular flexibility index (Phi) is 6.49. The van der Waals surface area contributed by atoms with E-state index in [2.05, 4.69) is 0 Å². The van der Waals surface area contributed by atoms with Gasteiger partial charge in [0.2, 0.25) is 11.8 Å². The maximum absolute atomic E-state index is 12.9. The van der Waals surface area contributed by atoms with Crippen LogP contribution >= 0.6 is 0 Å². The lowest BCUT2D eigenvalue weighted by Crippen LogP contribution is -2.42. The summed E-state index contributed by atoms with van der Waals surface area (Å²) >= 11 is 0. The molecule has 0 radical (unpaired) electrons. The fourth-order valence-electron chi connectivity index (χ4n) is 5.11. The van der Waals surface area contributed by atoms with Crippen LogP contribution in [0.3, 0.4) is 0 Å². The van der Waals surface area contributed by atoms with E-state index in [1.165, 1.54) is 0 Å². The third-order valence-corrected chi connectivity index (χ3v) is 7.03. The van der Waals surface area contributed by atoms with Crippen molar-refractivity contribution in [1.82, 2.24) is 14.7 Å². The molecule has 3 fully saturated rings. The third-order valence-electron chi connectivity index (χ3n) is 7.03. The summed E-state index contributed by atoms with van der Waals surface area (Å²) in [6, 6.07) is 5.55. The number of rotatable bonds is 5. The first-order chi connectivity index (χ1) is 15.0. The summed E-state index contributed by atoms with van der Waals surface area (Å²) in [5, 5.41) is 0. The van der Waals surface area contributed by atoms with E-state index in [9.17, 15) is 14.4 Å². The molecule has 0 aliphatic carbocycles. The Labute approximate surface area is 184 Å². The van der Waals surface area contributed by atoms with Gasteiger partial charge >= 0.3 is 0 Å². The maximum Gasteiger partial charge on any atom is 0.254 e. The average Bonchev–Trinajstić information content (AvgIpc) is 3.44. The molecular weight excluding hydrogens is 394 g/mol. The van der Waals surface area contributed by atoms with Crippen LogP contribution in [-0.4, -0.2) is 78.8 Å². The highest BCUT2D eigenvalue weighted by atomic mass is 16.5. The zero-order chi connectivity index (χ0) is 22.0. The molecule has 0 bridgehead atoms. The molecular formula is C24H33N3O4. The predicted molar refractivity (Wildman–Crippen MR) is 117 cm³/mol. The van der Waals surface area contributed by atoms with E-state index < -0.39 is 0 Å². The van der Waals surface area contributed by atoms with Crippen LogP contribution in [0.5, 0.6) is 5.75 Å². The molecule has 1 aromatic rings. The Morgan fingerprint density at radius 1 is 1.06 bits per heavy atom. The molecule has 1 unspecified atom stereocenters. The van der Waals surface area contributed by atoms with Crippen molar-refractivity contribution in [2.45, 2.75) is 39.0 Å². The van der Waals surface area contributed by atoms with E-state index >= 15 is 0 Å². The van der Waals surface area contributed by atoms with Crippen molar-refractivity contribution in [2.75, 3.05) is 46.4 Å². The maximum atomic E-state index is 12.9. The van der Waals surface area contributed by atoms with Gasteiger partial charge in [-0.25, -0.2) is 0 Å². The number of hydrogen-bond donors (Lipinski definition) is 0. The molecule has 7 heteroatoms. The lowest BCUT2D eigenvalue weighted by molar-refractivity contribution is -0.134. The fraction of sp³-hybridized carbons (Fsp3) is 0.625. The van der Waals surface area contributed by atoms with E-state index in [1.54, 1.807) is 7.11 Å². The summed E-state index contributed by atoms with van der Waals surface area (Å²) in [6.45, 7) is 6.26. The number of amides is 3. The van der Waals surface area contributed by atoms with Crippen LogP contribution < -0.4 is 4.74 Å². The molecule has 1 aromatic carbocycles. The van der Waals surface area contributed by atoms with Gasteiger partial charge in [0, 0.05) is 51.3 Å². The summed E-state index contributed by atoms with van der Waals surface area (Å²) in [6.07, 6.45) is 4.27. The van der Waals surface area contributed by atoms with Crippen LogP contribution in [-0.2, 0) is 9.59 Å². The molecule has 3 aliphatic rings. The minimum atomic E-state index is -0.176. The van der Waals surface area contributed by atoms with Gasteiger partial charge in [0.1, 0.15) is 5.75 Å². The van der Waals surface area contributed by atoms with Crippen LogP contribution in [0.25, 0.3) is 0 Å². The predicted octanol–water partition coefficient (Wildman–Crippen LogP) is 2.33. The Balaban J connectivity index is 1.28. The SMILES string of the molecule is COc1ccc(C(=O)N2CCC(CN3CC(C(=O)N4CCCC4)CC3=O)CC2)c(C)c1. The van der Waals surface area contributed by atoms with E-state index in [0.29, 0.717) is 38.5 Å². The first-order valence-corrected chi connectivity index (χ1v) is 11.5. The second-order valence-electron chi connectivity index (χ2n) is 9.15. The lowest BCUT2D eigenvalue weighted by atomic mass is 9.95. The van der Waals surface area contributed by atoms with Gasteiger partial charge in [0.05, 0.1) is 13.0 Å². The average molecular weight is 428 g/mol. The van der Waals surface area contributed by atoms with Crippen molar-refractivity contribution in [1.29, 1.82) is 0 Å². The van der Waals surface area contributed by atoms with Gasteiger partial charge in [-0.15, -0.1) is 0 Å². The number of carbonyl (C=O) groups is 3. The topological polar surface area (TPSA) is 70.2 Å². The van der Waals surface area contributed by atoms with Crippen LogP contribution in [0, 0.1) is 18.8 Å². The van der Waals surface area contributed by atoms with E-state index in [4.69, 9.17) is 4.74 Å². The molecule has 3 heterocycles. The molecule has 1 atom stereocenters. The van der Waals surface area contributed by atoms with Crippen LogP contribution in [0.2, 0.25) is 0 Å². The molecule has 7 nitrogen and oxygen atoms in total. The second kappa shape index (κ2) is 9.28. The number of hydrogen-bond acceptors (Lipinski definition) is 4. The molecule has 3 amide bonds. The van der Waals surface area contributed by atoms with Crippen molar-refractivity contribution >= 4 is 17.7 Å². The molecule has 0 aromatic heterocycles. The molecule has 31 heavy (non-hydrogen) atoms. The number of carbonyl (C=O) groups excluding carboxylic acids is 3. The van der Waals surface area contributed by atoms with Gasteiger partial charge in [-0.3, -0.25) is 14.4 Å². The minimum absolute atomic E-state index is 0.0622. The third kappa shape index (κ3) is 4.70. The smallest absolute Gasteiger partial charge is 0.254 e. The zero-order valence-corrected chi connectivity index (χ0v) is 18.6. The summed E-state index contributed by atoms with van der Waals surface area (Å²) in [5.74, 6) is 1.28. The molecule has 4 rings (SSSR count). The highest BCUT2D eigenvalue weighted by molar-refractivity contribution is 5.96. The monoisotopic (exact) mass is 427 g/mol. The number of piperidine rings is 1. The number of likely N-dealkylation sites (tertiary alicyclic amines) is 3. The number of aryl methyl sites for hydroxylation is 1. The van der Waals surface area contributed by atoms with Crippen molar-refractivity contribution < 1.29 is 19.1 Å². The summed E-state index contributed by atoms with van der Waals surface area (Å²) in [4.78, 5) is 43.8. The van der Waals surface area contributed by atoms with Crippen molar-refractivity contribution in [3.63, 3.8) is 0 Å². The van der Waals surface area contributed by atoms with Gasteiger partial charge in [0.15, 0.2) is 0 Å². The van der Waals surface area contributed by atoms with Gasteiger partial charge in [-0.2, -0.15) is 0 Å². The number of ether oxygens (including phenoxy) is 1. The summed E-state index contributed by atoms with van der Waals surface area (Å²) in [5.41, 5.74) is 1.64. The van der Waals surface area contributed by atoms with E-state index in [0.717, 1.165) is 55.6 Å². The Hall–Kier alpha value is -2.57. The van der Waals surface area contributed by atoms with Crippen molar-refractivity contribution in [3.8, 4) is 5.75 Å². The number of benzene rings is 1. The van der Waals surface area contributed by atoms with Gasteiger partial charge < -0.3 is 19.4 Å². The van der Waals surface area contributed by atoms with Gasteiger partial charge in [-0.1, -0.05) is 0 Å². The first kappa shape index (κ1) is 21.7. The van der Waals surface area contributed by atoms with E-state index in [-0.39, 0.29) is 23.6 Å². The number of nitrogens with zero attached hydrogens (tertiary/aromatic N) is 3. The largest absolute Gasteiger partial charge is 0.497 e. The first-order valence-electron chi connectivity index (χ1n) is 11.5. The minimum Gasteiger partial charge on any atom is -0.497 e. The van der Waals surface area contributed by atoms with Crippen LogP contribution in [0.1, 0.15) is 48.0 Å². The Bertz CT molecular complexity index is 841. The summed E-state index contributed by atoms with van der Waals surface area (Å²) in [7, 11) is 1.62. The molecule has 3 saturated heterocycles. The summed E-state index contributed by atoms with van der Waals surface area (Å²) < 4.78 is 5.23. The van der Waals surface area contributed by atoms with Crippen LogP contribution in [0.4, 0.5) is 0 Å². The molecule has 3 aliphatic heterocycles. The van der Waals surface area contributed by atoms with Gasteiger partial charge in [0.25, 0.3) is 5.91 Å². The fourth-order valence-corrected chi connectivity index (χ4v) is 5.11. The highest BCUT2D eigenvalue weighted by Crippen LogP contribution is 2.27. The normalized spacial score (nSPS) is 22.3. The molecule has 168 valence electrons. The quantitative estimate of drug-likeness (QED) is 0.723. The van der Waals surface area contributed by atoms with Crippen molar-refractivity contribution in [3.05, 3.63) is 29.3 Å². The van der Waals surface area contributed by atoms with E-state index in [1.807, 2.05) is 39.8 Å². The van der Waals surface area contributed by atoms with Crippen LogP contribution in [0.15, 0.2) is 18.2 Å². The Morgan fingerprint density at radius 2 is 1.77 bits per heavy atom. The van der Waals surface area contributed by atoms with Gasteiger partial charge in [-0.05, 0) is 62.3 Å². The Morgan fingerprint density at radius 3 is 2.42 bits per heavy atom. The molecule has 0 saturated carbocycles.